The van der Waals surface area contributed by atoms with Crippen LogP contribution in [0.5, 0.6) is 0 Å². The zero-order chi connectivity index (χ0) is 19.8. The lowest BCUT2D eigenvalue weighted by molar-refractivity contribution is -0.120. The lowest BCUT2D eigenvalue weighted by atomic mass is 10.1. The van der Waals surface area contributed by atoms with Crippen molar-refractivity contribution < 1.29 is 10.0 Å². The number of urea groups is 1. The smallest absolute Gasteiger partial charge is 0.331 e. The van der Waals surface area contributed by atoms with Crippen LogP contribution in [0.4, 0.5) is 10.5 Å². The van der Waals surface area contributed by atoms with E-state index in [9.17, 15) is 10.0 Å². The lowest BCUT2D eigenvalue weighted by Gasteiger charge is -2.39. The molecule has 2 atom stereocenters. The van der Waals surface area contributed by atoms with E-state index >= 15 is 0 Å². The molecule has 1 aliphatic heterocycles. The van der Waals surface area contributed by atoms with Gasteiger partial charge in [0.05, 0.1) is 10.4 Å². The van der Waals surface area contributed by atoms with Crippen LogP contribution in [0.3, 0.4) is 0 Å². The average molecular weight is 404 g/mol. The first-order chi connectivity index (χ1) is 12.8. The lowest BCUT2D eigenvalue weighted by Crippen LogP contribution is -2.57. The molecule has 1 heterocycles. The minimum absolute atomic E-state index is 0.122. The molecular weight excluding hydrogens is 378 g/mol. The summed E-state index contributed by atoms with van der Waals surface area (Å²) in [6.07, 6.45) is 0.325. The van der Waals surface area contributed by atoms with Crippen molar-refractivity contribution in [2.75, 3.05) is 5.32 Å². The third-order valence-electron chi connectivity index (χ3n) is 4.98. The number of amides is 2. The molecule has 2 aromatic carbocycles. The van der Waals surface area contributed by atoms with E-state index < -0.39 is 16.9 Å². The number of fused-ring (bicyclic) bond motifs is 1. The molecule has 1 aliphatic rings. The molecule has 7 heteroatoms. The Kier molecular flexibility index (Phi) is 5.65. The van der Waals surface area contributed by atoms with Crippen LogP contribution in [0, 0.1) is 0 Å². The predicted molar refractivity (Wildman–Crippen MR) is 116 cm³/mol. The first-order valence-corrected chi connectivity index (χ1v) is 10.3. The van der Waals surface area contributed by atoms with E-state index in [4.69, 9.17) is 12.2 Å². The van der Waals surface area contributed by atoms with Crippen molar-refractivity contribution in [3.05, 3.63) is 42.5 Å². The molecule has 0 radical (unpaired) electrons. The molecule has 1 saturated heterocycles. The number of hydroxylamine groups is 2. The molecule has 3 rings (SSSR count). The summed E-state index contributed by atoms with van der Waals surface area (Å²) < 4.78 is 0.280. The van der Waals surface area contributed by atoms with Gasteiger partial charge in [-0.1, -0.05) is 67.3 Å². The number of nitrogens with zero attached hydrogens (tertiary/aromatic N) is 2. The summed E-state index contributed by atoms with van der Waals surface area (Å²) in [7, 11) is 0. The average Bonchev–Trinajstić information content (AvgIpc) is 2.89. The summed E-state index contributed by atoms with van der Waals surface area (Å²) in [6, 6.07) is 13.1. The Labute approximate surface area is 169 Å². The van der Waals surface area contributed by atoms with Gasteiger partial charge in [-0.15, -0.1) is 0 Å². The number of rotatable bonds is 4. The number of anilines is 1. The standard InChI is InChI=1S/C20H25N3O2S2/c1-5-13(2)22-17(20(3,4)27-19(22)26)23(25)18(24)21-16-12-8-10-14-9-6-7-11-15(14)16/h6-13,17,25H,5H2,1-4H3,(H,21,24)/t13-,17+/m1/s1. The Morgan fingerprint density at radius 3 is 2.70 bits per heavy atom. The van der Waals surface area contributed by atoms with Gasteiger partial charge in [-0.3, -0.25) is 5.21 Å². The van der Waals surface area contributed by atoms with Gasteiger partial charge in [-0.2, -0.15) is 5.06 Å². The van der Waals surface area contributed by atoms with E-state index in [-0.39, 0.29) is 6.04 Å². The first kappa shape index (κ1) is 19.9. The molecule has 0 bridgehead atoms. The summed E-state index contributed by atoms with van der Waals surface area (Å²) in [5.74, 6) is 0. The first-order valence-electron chi connectivity index (χ1n) is 9.04. The van der Waals surface area contributed by atoms with Crippen LogP contribution in [-0.4, -0.2) is 42.5 Å². The molecule has 2 amide bonds. The number of hydrogen-bond donors (Lipinski definition) is 2. The fraction of sp³-hybridized carbons (Fsp3) is 0.400. The van der Waals surface area contributed by atoms with E-state index in [1.54, 1.807) is 0 Å². The minimum Gasteiger partial charge on any atom is -0.331 e. The van der Waals surface area contributed by atoms with Gasteiger partial charge < -0.3 is 10.2 Å². The predicted octanol–water partition coefficient (Wildman–Crippen LogP) is 5.30. The second kappa shape index (κ2) is 7.66. The molecule has 5 nitrogen and oxygen atoms in total. The fourth-order valence-electron chi connectivity index (χ4n) is 3.41. The van der Waals surface area contributed by atoms with Crippen LogP contribution in [0.2, 0.25) is 0 Å². The maximum Gasteiger partial charge on any atom is 0.347 e. The number of thiocarbonyl (C=S) groups is 1. The SMILES string of the molecule is CC[C@@H](C)N1C(=S)SC(C)(C)[C@@H]1N(O)C(=O)Nc1cccc2ccccc12. The van der Waals surface area contributed by atoms with Gasteiger partial charge in [0.15, 0.2) is 0 Å². The molecule has 0 spiro atoms. The van der Waals surface area contributed by atoms with Crippen molar-refractivity contribution in [2.24, 2.45) is 0 Å². The molecule has 0 saturated carbocycles. The molecular formula is C20H25N3O2S2. The van der Waals surface area contributed by atoms with E-state index in [2.05, 4.69) is 19.2 Å². The number of hydrogen-bond acceptors (Lipinski definition) is 4. The second-order valence-electron chi connectivity index (χ2n) is 7.31. The van der Waals surface area contributed by atoms with Crippen LogP contribution in [0.1, 0.15) is 34.1 Å². The minimum atomic E-state index is -0.567. The molecule has 2 aromatic rings. The van der Waals surface area contributed by atoms with Crippen LogP contribution < -0.4 is 5.32 Å². The van der Waals surface area contributed by atoms with Gasteiger partial charge in [0, 0.05) is 11.4 Å². The molecule has 2 N–H and O–H groups in total. The fourth-order valence-corrected chi connectivity index (χ4v) is 5.49. The third-order valence-corrected chi connectivity index (χ3v) is 6.57. The zero-order valence-electron chi connectivity index (χ0n) is 16.0. The van der Waals surface area contributed by atoms with Gasteiger partial charge in [0.1, 0.15) is 10.5 Å². The van der Waals surface area contributed by atoms with Crippen LogP contribution in [0.15, 0.2) is 42.5 Å². The number of benzene rings is 2. The summed E-state index contributed by atoms with van der Waals surface area (Å²) in [5, 5.41) is 16.4. The van der Waals surface area contributed by atoms with Gasteiger partial charge in [0.2, 0.25) is 0 Å². The quantitative estimate of drug-likeness (QED) is 0.412. The second-order valence-corrected chi connectivity index (χ2v) is 9.60. The van der Waals surface area contributed by atoms with Gasteiger partial charge >= 0.3 is 6.03 Å². The molecule has 0 aliphatic carbocycles. The van der Waals surface area contributed by atoms with Crippen molar-refractivity contribution in [1.82, 2.24) is 9.96 Å². The number of thioether (sulfide) groups is 1. The van der Waals surface area contributed by atoms with Gasteiger partial charge in [0.25, 0.3) is 0 Å². The zero-order valence-corrected chi connectivity index (χ0v) is 17.6. The Morgan fingerprint density at radius 1 is 1.33 bits per heavy atom. The van der Waals surface area contributed by atoms with E-state index in [0.29, 0.717) is 10.0 Å². The van der Waals surface area contributed by atoms with Crippen LogP contribution >= 0.6 is 24.0 Å². The van der Waals surface area contributed by atoms with Crippen LogP contribution in [0.25, 0.3) is 10.8 Å². The van der Waals surface area contributed by atoms with E-state index in [1.165, 1.54) is 11.8 Å². The highest BCUT2D eigenvalue weighted by atomic mass is 32.2. The summed E-state index contributed by atoms with van der Waals surface area (Å²) in [6.45, 7) is 8.10. The highest BCUT2D eigenvalue weighted by Gasteiger charge is 2.50. The maximum atomic E-state index is 12.9. The summed E-state index contributed by atoms with van der Waals surface area (Å²) in [5.41, 5.74) is 0.665. The van der Waals surface area contributed by atoms with Crippen molar-refractivity contribution in [2.45, 2.75) is 51.1 Å². The third kappa shape index (κ3) is 3.77. The molecule has 0 aromatic heterocycles. The summed E-state index contributed by atoms with van der Waals surface area (Å²) in [4.78, 5) is 14.8. The van der Waals surface area contributed by atoms with Crippen LogP contribution in [-0.2, 0) is 0 Å². The van der Waals surface area contributed by atoms with Gasteiger partial charge in [-0.05, 0) is 38.6 Å². The van der Waals surface area contributed by atoms with Crippen molar-refractivity contribution in [3.63, 3.8) is 0 Å². The Balaban J connectivity index is 1.88. The largest absolute Gasteiger partial charge is 0.347 e. The summed E-state index contributed by atoms with van der Waals surface area (Å²) >= 11 is 7.04. The highest BCUT2D eigenvalue weighted by Crippen LogP contribution is 2.44. The van der Waals surface area contributed by atoms with Crippen molar-refractivity contribution in [1.29, 1.82) is 0 Å². The maximum absolute atomic E-state index is 12.9. The van der Waals surface area contributed by atoms with Crippen molar-refractivity contribution in [3.8, 4) is 0 Å². The monoisotopic (exact) mass is 403 g/mol. The molecule has 27 heavy (non-hydrogen) atoms. The number of carbonyl (C=O) groups is 1. The molecule has 144 valence electrons. The molecule has 1 fully saturated rings. The van der Waals surface area contributed by atoms with E-state index in [0.717, 1.165) is 22.3 Å². The van der Waals surface area contributed by atoms with E-state index in [1.807, 2.05) is 61.2 Å². The van der Waals surface area contributed by atoms with Crippen molar-refractivity contribution >= 4 is 50.8 Å². The number of nitrogens with one attached hydrogen (secondary N) is 1. The Hall–Kier alpha value is -1.83. The number of carbonyl (C=O) groups excluding carboxylic acids is 1. The normalized spacial score (nSPS) is 20.0. The molecule has 0 unspecified atom stereocenters. The Bertz CT molecular complexity index is 866. The highest BCUT2D eigenvalue weighted by molar-refractivity contribution is 8.24. The Morgan fingerprint density at radius 2 is 2.00 bits per heavy atom. The van der Waals surface area contributed by atoms with Gasteiger partial charge in [-0.25, -0.2) is 4.79 Å². The topological polar surface area (TPSA) is 55.8 Å².